The van der Waals surface area contributed by atoms with Crippen molar-refractivity contribution in [2.45, 2.75) is 38.8 Å². The number of anilines is 1. The summed E-state index contributed by atoms with van der Waals surface area (Å²) < 4.78 is 0. The zero-order chi connectivity index (χ0) is 17.0. The normalized spacial score (nSPS) is 30.2. The number of urea groups is 1. The molecule has 24 heavy (non-hydrogen) atoms. The van der Waals surface area contributed by atoms with Crippen molar-refractivity contribution in [3.05, 3.63) is 29.3 Å². The molecule has 7 heteroatoms. The standard InChI is InChI=1S/C17H23N5O2/c1-10-5-6-12(11(2)9-10)21-7-4-8-22-13-14(18-16(21)22)20(3)17(24)19-15(13)23/h5-6,9,13-14,16,18H,4,7-8H2,1-3H3,(H,19,23,24). The van der Waals surface area contributed by atoms with Gasteiger partial charge in [0.1, 0.15) is 18.5 Å². The highest BCUT2D eigenvalue weighted by Crippen LogP contribution is 2.32. The van der Waals surface area contributed by atoms with E-state index in [1.165, 1.54) is 16.8 Å². The molecule has 3 unspecified atom stereocenters. The van der Waals surface area contributed by atoms with E-state index in [4.69, 9.17) is 0 Å². The van der Waals surface area contributed by atoms with E-state index in [0.29, 0.717) is 0 Å². The van der Waals surface area contributed by atoms with Crippen LogP contribution < -0.4 is 15.5 Å². The van der Waals surface area contributed by atoms with E-state index in [1.807, 2.05) is 0 Å². The fourth-order valence-electron chi connectivity index (χ4n) is 4.14. The van der Waals surface area contributed by atoms with Crippen LogP contribution in [0, 0.1) is 13.8 Å². The molecular formula is C17H23N5O2. The van der Waals surface area contributed by atoms with Gasteiger partial charge in [-0.2, -0.15) is 0 Å². The minimum Gasteiger partial charge on any atom is -0.343 e. The Morgan fingerprint density at radius 2 is 1.96 bits per heavy atom. The van der Waals surface area contributed by atoms with E-state index < -0.39 is 0 Å². The first-order chi connectivity index (χ1) is 11.5. The molecule has 1 aromatic carbocycles. The van der Waals surface area contributed by atoms with Crippen LogP contribution in [0.25, 0.3) is 0 Å². The van der Waals surface area contributed by atoms with Crippen LogP contribution in [0.15, 0.2) is 18.2 Å². The number of hydrogen-bond acceptors (Lipinski definition) is 5. The van der Waals surface area contributed by atoms with Crippen molar-refractivity contribution in [2.24, 2.45) is 0 Å². The fraction of sp³-hybridized carbons (Fsp3) is 0.529. The second-order valence-corrected chi connectivity index (χ2v) is 6.91. The third-order valence-corrected chi connectivity index (χ3v) is 5.30. The molecule has 3 amide bonds. The van der Waals surface area contributed by atoms with Crippen molar-refractivity contribution < 1.29 is 9.59 Å². The lowest BCUT2D eigenvalue weighted by Gasteiger charge is -2.42. The zero-order valence-electron chi connectivity index (χ0n) is 14.2. The molecule has 0 aliphatic carbocycles. The Balaban J connectivity index is 1.69. The summed E-state index contributed by atoms with van der Waals surface area (Å²) in [6, 6.07) is 5.76. The maximum atomic E-state index is 12.4. The lowest BCUT2D eigenvalue weighted by atomic mass is 10.1. The number of nitrogens with one attached hydrogen (secondary N) is 2. The highest BCUT2D eigenvalue weighted by molar-refractivity contribution is 6.00. The van der Waals surface area contributed by atoms with Crippen LogP contribution in [0.3, 0.4) is 0 Å². The molecule has 3 aliphatic heterocycles. The molecule has 3 heterocycles. The first kappa shape index (κ1) is 15.4. The Bertz CT molecular complexity index is 706. The molecule has 0 spiro atoms. The lowest BCUT2D eigenvalue weighted by molar-refractivity contribution is -0.128. The number of imide groups is 1. The number of aryl methyl sites for hydroxylation is 2. The van der Waals surface area contributed by atoms with Crippen molar-refractivity contribution in [1.82, 2.24) is 20.4 Å². The van der Waals surface area contributed by atoms with Crippen LogP contribution in [0.5, 0.6) is 0 Å². The first-order valence-electron chi connectivity index (χ1n) is 8.41. The Morgan fingerprint density at radius 1 is 1.17 bits per heavy atom. The average Bonchev–Trinajstić information content (AvgIpc) is 2.93. The van der Waals surface area contributed by atoms with Crippen LogP contribution in [-0.4, -0.2) is 60.4 Å². The molecule has 3 fully saturated rings. The third kappa shape index (κ3) is 2.19. The van der Waals surface area contributed by atoms with Crippen LogP contribution in [0.2, 0.25) is 0 Å². The van der Waals surface area contributed by atoms with Crippen molar-refractivity contribution in [2.75, 3.05) is 25.0 Å². The summed E-state index contributed by atoms with van der Waals surface area (Å²) in [5.74, 6) is -0.208. The van der Waals surface area contributed by atoms with Gasteiger partial charge in [-0.15, -0.1) is 0 Å². The van der Waals surface area contributed by atoms with E-state index in [9.17, 15) is 9.59 Å². The molecule has 0 aromatic heterocycles. The van der Waals surface area contributed by atoms with Crippen molar-refractivity contribution in [3.8, 4) is 0 Å². The zero-order valence-corrected chi connectivity index (χ0v) is 14.2. The molecule has 0 saturated carbocycles. The van der Waals surface area contributed by atoms with E-state index in [2.05, 4.69) is 52.5 Å². The number of nitrogens with zero attached hydrogens (tertiary/aromatic N) is 3. The second kappa shape index (κ2) is 5.46. The molecule has 3 saturated heterocycles. The molecule has 0 bridgehead atoms. The van der Waals surface area contributed by atoms with Crippen LogP contribution >= 0.6 is 0 Å². The van der Waals surface area contributed by atoms with Gasteiger partial charge in [0.2, 0.25) is 5.91 Å². The van der Waals surface area contributed by atoms with Gasteiger partial charge in [0.25, 0.3) is 0 Å². The summed E-state index contributed by atoms with van der Waals surface area (Å²) >= 11 is 0. The van der Waals surface area contributed by atoms with Crippen molar-refractivity contribution in [1.29, 1.82) is 0 Å². The van der Waals surface area contributed by atoms with Crippen molar-refractivity contribution >= 4 is 17.6 Å². The molecular weight excluding hydrogens is 306 g/mol. The second-order valence-electron chi connectivity index (χ2n) is 6.91. The minimum absolute atomic E-state index is 0.0748. The molecule has 128 valence electrons. The lowest BCUT2D eigenvalue weighted by Crippen LogP contribution is -2.65. The molecule has 0 radical (unpaired) electrons. The van der Waals surface area contributed by atoms with E-state index in [0.717, 1.165) is 19.5 Å². The predicted octanol–water partition coefficient (Wildman–Crippen LogP) is 0.579. The van der Waals surface area contributed by atoms with Gasteiger partial charge in [-0.3, -0.25) is 20.3 Å². The van der Waals surface area contributed by atoms with Gasteiger partial charge in [-0.05, 0) is 31.9 Å². The van der Waals surface area contributed by atoms with Crippen LogP contribution in [0.4, 0.5) is 10.5 Å². The third-order valence-electron chi connectivity index (χ3n) is 5.30. The SMILES string of the molecule is Cc1ccc(N2CCCN3C4C(=O)NC(=O)N(C)C4NC23)c(C)c1. The number of likely N-dealkylation sites (N-methyl/N-ethyl adjacent to an activating group) is 1. The van der Waals surface area contributed by atoms with Gasteiger partial charge >= 0.3 is 6.03 Å². The fourth-order valence-corrected chi connectivity index (χ4v) is 4.14. The number of fused-ring (bicyclic) bond motifs is 3. The Hall–Kier alpha value is -2.12. The van der Waals surface area contributed by atoms with Gasteiger partial charge in [0.15, 0.2) is 0 Å². The van der Waals surface area contributed by atoms with Gasteiger partial charge in [-0.1, -0.05) is 17.7 Å². The van der Waals surface area contributed by atoms with Crippen LogP contribution in [-0.2, 0) is 4.79 Å². The number of carbonyl (C=O) groups excluding carboxylic acids is 2. The molecule has 3 atom stereocenters. The van der Waals surface area contributed by atoms with Crippen LogP contribution in [0.1, 0.15) is 17.5 Å². The summed E-state index contributed by atoms with van der Waals surface area (Å²) in [6.07, 6.45) is 0.622. The smallest absolute Gasteiger partial charge is 0.325 e. The topological polar surface area (TPSA) is 67.9 Å². The molecule has 2 N–H and O–H groups in total. The minimum atomic E-state index is -0.341. The molecule has 7 nitrogen and oxygen atoms in total. The Morgan fingerprint density at radius 3 is 2.71 bits per heavy atom. The number of carbonyl (C=O) groups is 2. The number of benzene rings is 1. The predicted molar refractivity (Wildman–Crippen MR) is 90.4 cm³/mol. The summed E-state index contributed by atoms with van der Waals surface area (Å²) in [6.45, 7) is 5.98. The maximum absolute atomic E-state index is 12.4. The van der Waals surface area contributed by atoms with E-state index >= 15 is 0 Å². The van der Waals surface area contributed by atoms with Gasteiger partial charge in [-0.25, -0.2) is 4.79 Å². The van der Waals surface area contributed by atoms with Gasteiger partial charge in [0, 0.05) is 25.8 Å². The van der Waals surface area contributed by atoms with Gasteiger partial charge in [0.05, 0.1) is 0 Å². The molecule has 3 aliphatic rings. The largest absolute Gasteiger partial charge is 0.343 e. The number of amides is 3. The maximum Gasteiger partial charge on any atom is 0.325 e. The highest BCUT2D eigenvalue weighted by Gasteiger charge is 2.53. The molecule has 4 rings (SSSR count). The first-order valence-corrected chi connectivity index (χ1v) is 8.41. The quantitative estimate of drug-likeness (QED) is 0.789. The Labute approximate surface area is 141 Å². The molecule has 1 aromatic rings. The summed E-state index contributed by atoms with van der Waals surface area (Å²) in [7, 11) is 1.73. The monoisotopic (exact) mass is 329 g/mol. The van der Waals surface area contributed by atoms with Gasteiger partial charge < -0.3 is 9.80 Å². The summed E-state index contributed by atoms with van der Waals surface area (Å²) in [4.78, 5) is 30.4. The number of rotatable bonds is 1. The number of hydrogen-bond donors (Lipinski definition) is 2. The van der Waals surface area contributed by atoms with Crippen molar-refractivity contribution in [3.63, 3.8) is 0 Å². The van der Waals surface area contributed by atoms with E-state index in [1.54, 1.807) is 11.9 Å². The average molecular weight is 329 g/mol. The summed E-state index contributed by atoms with van der Waals surface area (Å²) in [5, 5.41) is 5.95. The highest BCUT2D eigenvalue weighted by atomic mass is 16.2. The summed E-state index contributed by atoms with van der Waals surface area (Å²) in [5.41, 5.74) is 3.64. The van der Waals surface area contributed by atoms with E-state index in [-0.39, 0.29) is 30.4 Å². The Kier molecular flexibility index (Phi) is 3.51.